The van der Waals surface area contributed by atoms with Crippen molar-refractivity contribution in [2.45, 2.75) is 6.36 Å². The predicted molar refractivity (Wildman–Crippen MR) is 103 cm³/mol. The Balaban J connectivity index is 1.62. The molecule has 160 valence electrons. The van der Waals surface area contributed by atoms with Gasteiger partial charge < -0.3 is 18.7 Å². The minimum atomic E-state index is -4.76. The molecule has 0 atom stereocenters. The van der Waals surface area contributed by atoms with Crippen molar-refractivity contribution in [2.24, 2.45) is 0 Å². The summed E-state index contributed by atoms with van der Waals surface area (Å²) in [6.45, 7) is 0. The summed E-state index contributed by atoms with van der Waals surface area (Å²) in [7, 11) is 3.08. The molecule has 8 nitrogen and oxygen atoms in total. The number of rotatable bonds is 6. The number of hydrogen-bond acceptors (Lipinski definition) is 7. The first-order chi connectivity index (χ1) is 14.9. The number of nitrogens with one attached hydrogen (secondary N) is 1. The van der Waals surface area contributed by atoms with E-state index in [0.717, 1.165) is 5.56 Å². The van der Waals surface area contributed by atoms with Gasteiger partial charge in [0, 0.05) is 11.1 Å². The summed E-state index contributed by atoms with van der Waals surface area (Å²) >= 11 is 0. The minimum Gasteiger partial charge on any atom is -0.493 e. The summed E-state index contributed by atoms with van der Waals surface area (Å²) in [5.41, 5.74) is 2.37. The Bertz CT molecular complexity index is 1190. The molecule has 4 aromatic rings. The van der Waals surface area contributed by atoms with Crippen LogP contribution in [0.25, 0.3) is 34.1 Å². The Morgan fingerprint density at radius 1 is 0.935 bits per heavy atom. The second-order valence-corrected chi connectivity index (χ2v) is 6.22. The molecule has 0 aliphatic heterocycles. The molecule has 0 saturated carbocycles. The van der Waals surface area contributed by atoms with E-state index in [1.165, 1.54) is 37.6 Å². The summed E-state index contributed by atoms with van der Waals surface area (Å²) in [4.78, 5) is 4.33. The maximum atomic E-state index is 12.3. The first kappa shape index (κ1) is 20.3. The van der Waals surface area contributed by atoms with Crippen LogP contribution in [0.3, 0.4) is 0 Å². The zero-order chi connectivity index (χ0) is 22.0. The van der Waals surface area contributed by atoms with Crippen molar-refractivity contribution in [3.05, 3.63) is 48.7 Å². The van der Waals surface area contributed by atoms with Crippen LogP contribution in [0.15, 0.2) is 53.2 Å². The number of benzene rings is 2. The van der Waals surface area contributed by atoms with Gasteiger partial charge in [0.05, 0.1) is 31.7 Å². The third-order valence-electron chi connectivity index (χ3n) is 4.31. The number of nitrogens with zero attached hydrogens (tertiary/aromatic N) is 3. The van der Waals surface area contributed by atoms with Crippen LogP contribution in [0.5, 0.6) is 17.2 Å². The molecule has 0 fully saturated rings. The molecule has 2 aromatic carbocycles. The second-order valence-electron chi connectivity index (χ2n) is 6.22. The van der Waals surface area contributed by atoms with E-state index in [1.54, 1.807) is 19.2 Å². The van der Waals surface area contributed by atoms with E-state index in [1.807, 2.05) is 6.07 Å². The quantitative estimate of drug-likeness (QED) is 0.471. The number of aromatic amines is 1. The molecular weight excluding hydrogens is 417 g/mol. The van der Waals surface area contributed by atoms with Crippen LogP contribution in [-0.4, -0.2) is 40.9 Å². The van der Waals surface area contributed by atoms with Gasteiger partial charge in [-0.25, -0.2) is 0 Å². The number of alkyl halides is 3. The van der Waals surface area contributed by atoms with E-state index in [4.69, 9.17) is 14.0 Å². The average molecular weight is 432 g/mol. The lowest BCUT2D eigenvalue weighted by atomic mass is 10.1. The van der Waals surface area contributed by atoms with Gasteiger partial charge in [-0.15, -0.1) is 13.2 Å². The fourth-order valence-electron chi connectivity index (χ4n) is 2.92. The molecule has 2 heterocycles. The van der Waals surface area contributed by atoms with Crippen LogP contribution < -0.4 is 14.2 Å². The monoisotopic (exact) mass is 432 g/mol. The normalized spacial score (nSPS) is 11.4. The Hall–Kier alpha value is -4.02. The average Bonchev–Trinajstić information content (AvgIpc) is 3.42. The van der Waals surface area contributed by atoms with Gasteiger partial charge in [-0.05, 0) is 42.5 Å². The molecule has 31 heavy (non-hydrogen) atoms. The molecule has 4 rings (SSSR count). The summed E-state index contributed by atoms with van der Waals surface area (Å²) in [6.07, 6.45) is -3.23. The highest BCUT2D eigenvalue weighted by Gasteiger charge is 2.31. The Labute approximate surface area is 173 Å². The second kappa shape index (κ2) is 8.01. The highest BCUT2D eigenvalue weighted by atomic mass is 19.4. The number of ether oxygens (including phenoxy) is 3. The van der Waals surface area contributed by atoms with E-state index < -0.39 is 6.36 Å². The molecule has 1 N–H and O–H groups in total. The maximum absolute atomic E-state index is 12.3. The largest absolute Gasteiger partial charge is 0.573 e. The van der Waals surface area contributed by atoms with E-state index in [-0.39, 0.29) is 17.5 Å². The minimum absolute atomic E-state index is 0.184. The summed E-state index contributed by atoms with van der Waals surface area (Å²) in [6, 6.07) is 10.5. The zero-order valence-corrected chi connectivity index (χ0v) is 16.2. The Morgan fingerprint density at radius 3 is 2.32 bits per heavy atom. The van der Waals surface area contributed by atoms with Gasteiger partial charge in [-0.3, -0.25) is 5.10 Å². The molecule has 0 aliphatic rings. The lowest BCUT2D eigenvalue weighted by molar-refractivity contribution is -0.274. The van der Waals surface area contributed by atoms with Crippen molar-refractivity contribution in [3.8, 4) is 51.3 Å². The highest BCUT2D eigenvalue weighted by Crippen LogP contribution is 2.36. The van der Waals surface area contributed by atoms with Gasteiger partial charge in [0.15, 0.2) is 11.5 Å². The molecule has 0 amide bonds. The first-order valence-corrected chi connectivity index (χ1v) is 8.84. The van der Waals surface area contributed by atoms with Gasteiger partial charge in [-0.2, -0.15) is 10.1 Å². The summed E-state index contributed by atoms with van der Waals surface area (Å²) in [5.74, 6) is 1.15. The molecule has 2 aromatic heterocycles. The third-order valence-corrected chi connectivity index (χ3v) is 4.31. The van der Waals surface area contributed by atoms with Crippen molar-refractivity contribution in [3.63, 3.8) is 0 Å². The van der Waals surface area contributed by atoms with Crippen LogP contribution in [0, 0.1) is 0 Å². The number of aromatic nitrogens is 4. The van der Waals surface area contributed by atoms with Gasteiger partial charge in [-0.1, -0.05) is 5.16 Å². The van der Waals surface area contributed by atoms with Crippen LogP contribution in [-0.2, 0) is 0 Å². The molecular formula is C20H15F3N4O4. The van der Waals surface area contributed by atoms with E-state index >= 15 is 0 Å². The summed E-state index contributed by atoms with van der Waals surface area (Å²) < 4.78 is 56.7. The zero-order valence-electron chi connectivity index (χ0n) is 16.2. The molecule has 0 radical (unpaired) electrons. The van der Waals surface area contributed by atoms with E-state index in [2.05, 4.69) is 25.1 Å². The van der Waals surface area contributed by atoms with Gasteiger partial charge in [0.25, 0.3) is 5.89 Å². The van der Waals surface area contributed by atoms with Crippen molar-refractivity contribution in [1.82, 2.24) is 20.3 Å². The summed E-state index contributed by atoms with van der Waals surface area (Å²) in [5, 5.41) is 10.9. The van der Waals surface area contributed by atoms with Crippen molar-refractivity contribution in [1.29, 1.82) is 0 Å². The van der Waals surface area contributed by atoms with Crippen molar-refractivity contribution >= 4 is 0 Å². The van der Waals surface area contributed by atoms with Crippen LogP contribution >= 0.6 is 0 Å². The topological polar surface area (TPSA) is 95.3 Å². The Kier molecular flexibility index (Phi) is 5.24. The molecule has 0 aliphatic carbocycles. The predicted octanol–water partition coefficient (Wildman–Crippen LogP) is 4.71. The SMILES string of the molecule is COc1ccc(-c2[nH]ncc2-c2nc(-c3ccc(OC(F)(F)F)cc3)no2)cc1OC. The molecule has 0 unspecified atom stereocenters. The van der Waals surface area contributed by atoms with Crippen molar-refractivity contribution < 1.29 is 31.9 Å². The van der Waals surface area contributed by atoms with E-state index in [9.17, 15) is 13.2 Å². The van der Waals surface area contributed by atoms with Gasteiger partial charge >= 0.3 is 6.36 Å². The smallest absolute Gasteiger partial charge is 0.493 e. The number of H-pyrrole nitrogens is 1. The first-order valence-electron chi connectivity index (χ1n) is 8.84. The lowest BCUT2D eigenvalue weighted by Crippen LogP contribution is -2.16. The van der Waals surface area contributed by atoms with Gasteiger partial charge in [0.1, 0.15) is 5.75 Å². The fourth-order valence-corrected chi connectivity index (χ4v) is 2.92. The van der Waals surface area contributed by atoms with Crippen LogP contribution in [0.2, 0.25) is 0 Å². The van der Waals surface area contributed by atoms with Crippen LogP contribution in [0.1, 0.15) is 0 Å². The van der Waals surface area contributed by atoms with Gasteiger partial charge in [0.2, 0.25) is 5.82 Å². The fraction of sp³-hybridized carbons (Fsp3) is 0.150. The molecule has 11 heteroatoms. The number of methoxy groups -OCH3 is 2. The maximum Gasteiger partial charge on any atom is 0.573 e. The molecule has 0 bridgehead atoms. The number of halogens is 3. The highest BCUT2D eigenvalue weighted by molar-refractivity contribution is 5.78. The third kappa shape index (κ3) is 4.29. The Morgan fingerprint density at radius 2 is 1.65 bits per heavy atom. The molecule has 0 spiro atoms. The van der Waals surface area contributed by atoms with Crippen LogP contribution in [0.4, 0.5) is 13.2 Å². The van der Waals surface area contributed by atoms with Crippen molar-refractivity contribution in [2.75, 3.05) is 14.2 Å². The van der Waals surface area contributed by atoms with E-state index in [0.29, 0.717) is 28.3 Å². The lowest BCUT2D eigenvalue weighted by Gasteiger charge is -2.09. The number of hydrogen-bond donors (Lipinski definition) is 1. The standard InChI is InChI=1S/C20H15F3N4O4/c1-28-15-8-5-12(9-16(15)29-2)17-14(10-24-26-17)19-25-18(27-31-19)11-3-6-13(7-4-11)30-20(21,22)23/h3-10H,1-2H3,(H,24,26). The molecule has 0 saturated heterocycles.